The summed E-state index contributed by atoms with van der Waals surface area (Å²) in [5, 5.41) is 3.05. The van der Waals surface area contributed by atoms with Crippen molar-refractivity contribution in [2.45, 2.75) is 25.0 Å². The quantitative estimate of drug-likeness (QED) is 0.831. The molecule has 18 heavy (non-hydrogen) atoms. The van der Waals surface area contributed by atoms with Gasteiger partial charge < -0.3 is 14.6 Å². The van der Waals surface area contributed by atoms with Gasteiger partial charge >= 0.3 is 0 Å². The molecule has 1 N–H and O–H groups in total. The Morgan fingerprint density at radius 3 is 2.39 bits per heavy atom. The van der Waals surface area contributed by atoms with Gasteiger partial charge in [0, 0.05) is 18.5 Å². The smallest absolute Gasteiger partial charge is 0.172 e. The van der Waals surface area contributed by atoms with Crippen LogP contribution in [-0.4, -0.2) is 19.0 Å². The van der Waals surface area contributed by atoms with E-state index >= 15 is 0 Å². The first kappa shape index (κ1) is 12.2. The van der Waals surface area contributed by atoms with E-state index in [4.69, 9.17) is 9.47 Å². The van der Waals surface area contributed by atoms with Gasteiger partial charge in [-0.3, -0.25) is 0 Å². The van der Waals surface area contributed by atoms with Gasteiger partial charge in [-0.1, -0.05) is 18.2 Å². The van der Waals surface area contributed by atoms with Crippen LogP contribution < -0.4 is 5.09 Å². The Morgan fingerprint density at radius 1 is 1.11 bits per heavy atom. The molecule has 2 aliphatic rings. The lowest BCUT2D eigenvalue weighted by molar-refractivity contribution is -0.159. The molecular weight excluding hydrogens is 245 g/mol. The second-order valence-corrected chi connectivity index (χ2v) is 5.05. The fourth-order valence-electron chi connectivity index (χ4n) is 2.61. The maximum atomic E-state index is 5.72. The monoisotopic (exact) mass is 263 g/mol. The van der Waals surface area contributed by atoms with Crippen molar-refractivity contribution in [1.29, 1.82) is 0 Å². The minimum absolute atomic E-state index is 0.314. The molecule has 0 radical (unpaired) electrons. The van der Waals surface area contributed by atoms with E-state index in [1.54, 1.807) is 0 Å². The zero-order chi connectivity index (χ0) is 12.4. The first-order valence-corrected chi connectivity index (χ1v) is 6.93. The summed E-state index contributed by atoms with van der Waals surface area (Å²) in [7, 11) is 2.51. The number of allylic oxidation sites excluding steroid dienone is 1. The van der Waals surface area contributed by atoms with Crippen LogP contribution in [0.3, 0.4) is 0 Å². The van der Waals surface area contributed by atoms with Crippen molar-refractivity contribution in [1.82, 2.24) is 0 Å². The van der Waals surface area contributed by atoms with E-state index in [1.165, 1.54) is 11.1 Å². The van der Waals surface area contributed by atoms with E-state index in [9.17, 15) is 0 Å². The second-order valence-electron chi connectivity index (χ2n) is 4.76. The summed E-state index contributed by atoms with van der Waals surface area (Å²) >= 11 is 0. The molecule has 1 aromatic rings. The molecule has 1 aliphatic heterocycles. The van der Waals surface area contributed by atoms with Crippen LogP contribution in [0.5, 0.6) is 0 Å². The molecule has 1 fully saturated rings. The molecule has 1 atom stereocenters. The number of anilines is 1. The fraction of sp³-hybridized carbons (Fsp3) is 0.429. The van der Waals surface area contributed by atoms with Gasteiger partial charge in [0.1, 0.15) is 0 Å². The third kappa shape index (κ3) is 2.31. The molecule has 1 aliphatic carbocycles. The van der Waals surface area contributed by atoms with Crippen LogP contribution in [0.25, 0.3) is 5.57 Å². The lowest BCUT2D eigenvalue weighted by atomic mass is 9.90. The predicted octanol–water partition coefficient (Wildman–Crippen LogP) is 3.20. The number of hydrogen-bond donors (Lipinski definition) is 1. The first-order valence-electron chi connectivity index (χ1n) is 6.35. The number of hydrogen-bond acceptors (Lipinski definition) is 3. The molecule has 0 bridgehead atoms. The van der Waals surface area contributed by atoms with Gasteiger partial charge in [0.25, 0.3) is 0 Å². The highest BCUT2D eigenvalue weighted by molar-refractivity contribution is 7.18. The Balaban J connectivity index is 1.75. The molecule has 1 spiro atoms. The maximum absolute atomic E-state index is 5.72. The molecular formula is C14H18NO2P. The minimum atomic E-state index is -0.314. The van der Waals surface area contributed by atoms with Crippen molar-refractivity contribution in [2.75, 3.05) is 18.3 Å². The van der Waals surface area contributed by atoms with Crippen LogP contribution in [0.1, 0.15) is 24.8 Å². The average molecular weight is 263 g/mol. The van der Waals surface area contributed by atoms with Crippen molar-refractivity contribution in [3.63, 3.8) is 0 Å². The SMILES string of the molecule is PNc1ccc(C2=CCC3(CC2)OCCO3)cc1. The van der Waals surface area contributed by atoms with Gasteiger partial charge in [-0.15, -0.1) is 0 Å². The molecule has 1 saturated heterocycles. The van der Waals surface area contributed by atoms with E-state index in [-0.39, 0.29) is 5.79 Å². The van der Waals surface area contributed by atoms with Gasteiger partial charge in [0.05, 0.1) is 13.2 Å². The number of rotatable bonds is 2. The molecule has 96 valence electrons. The average Bonchev–Trinajstić information content (AvgIpc) is 2.88. The van der Waals surface area contributed by atoms with Crippen molar-refractivity contribution in [3.05, 3.63) is 35.9 Å². The fourth-order valence-corrected chi connectivity index (χ4v) is 2.80. The van der Waals surface area contributed by atoms with Crippen LogP contribution in [0.15, 0.2) is 30.3 Å². The molecule has 0 saturated carbocycles. The highest BCUT2D eigenvalue weighted by atomic mass is 31.0. The summed E-state index contributed by atoms with van der Waals surface area (Å²) < 4.78 is 11.4. The van der Waals surface area contributed by atoms with Gasteiger partial charge in [-0.25, -0.2) is 0 Å². The van der Waals surface area contributed by atoms with Crippen molar-refractivity contribution < 1.29 is 9.47 Å². The lowest BCUT2D eigenvalue weighted by Crippen LogP contribution is -2.31. The summed E-state index contributed by atoms with van der Waals surface area (Å²) in [6.07, 6.45) is 5.11. The largest absolute Gasteiger partial charge is 0.369 e. The first-order chi connectivity index (χ1) is 8.81. The Labute approximate surface area is 110 Å². The molecule has 3 nitrogen and oxygen atoms in total. The molecule has 4 heteroatoms. The topological polar surface area (TPSA) is 30.5 Å². The standard InChI is InChI=1S/C14H18NO2P/c18-15-13-3-1-11(2-4-13)12-5-7-14(8-6-12)16-9-10-17-14/h1-5,15H,6-10,18H2. The lowest BCUT2D eigenvalue weighted by Gasteiger charge is -2.30. The van der Waals surface area contributed by atoms with E-state index in [0.29, 0.717) is 0 Å². The summed E-state index contributed by atoms with van der Waals surface area (Å²) in [4.78, 5) is 0. The van der Waals surface area contributed by atoms with Crippen molar-refractivity contribution >= 4 is 20.7 Å². The molecule has 1 unspecified atom stereocenters. The zero-order valence-electron chi connectivity index (χ0n) is 10.3. The molecule has 0 aromatic heterocycles. The molecule has 0 amide bonds. The Kier molecular flexibility index (Phi) is 3.38. The Bertz CT molecular complexity index is 449. The van der Waals surface area contributed by atoms with Crippen LogP contribution in [0.2, 0.25) is 0 Å². The van der Waals surface area contributed by atoms with Crippen LogP contribution in [-0.2, 0) is 9.47 Å². The summed E-state index contributed by atoms with van der Waals surface area (Å²) in [6.45, 7) is 1.47. The van der Waals surface area contributed by atoms with E-state index in [1.807, 2.05) is 0 Å². The number of ether oxygens (including phenoxy) is 2. The maximum Gasteiger partial charge on any atom is 0.172 e. The van der Waals surface area contributed by atoms with E-state index in [0.717, 1.165) is 38.2 Å². The van der Waals surface area contributed by atoms with Crippen molar-refractivity contribution in [3.8, 4) is 0 Å². The Morgan fingerprint density at radius 2 is 1.83 bits per heavy atom. The number of benzene rings is 1. The third-order valence-corrected chi connectivity index (χ3v) is 4.00. The van der Waals surface area contributed by atoms with Crippen molar-refractivity contribution in [2.24, 2.45) is 0 Å². The number of nitrogens with one attached hydrogen (secondary N) is 1. The van der Waals surface area contributed by atoms with Gasteiger partial charge in [-0.2, -0.15) is 0 Å². The Hall–Kier alpha value is -0.890. The summed E-state index contributed by atoms with van der Waals surface area (Å²) in [6, 6.07) is 8.51. The molecule has 1 heterocycles. The second kappa shape index (κ2) is 5.00. The predicted molar refractivity (Wildman–Crippen MR) is 76.2 cm³/mol. The van der Waals surface area contributed by atoms with Crippen LogP contribution in [0.4, 0.5) is 5.69 Å². The summed E-state index contributed by atoms with van der Waals surface area (Å²) in [5.41, 5.74) is 3.81. The highest BCUT2D eigenvalue weighted by Gasteiger charge is 2.37. The highest BCUT2D eigenvalue weighted by Crippen LogP contribution is 2.38. The van der Waals surface area contributed by atoms with Gasteiger partial charge in [0.2, 0.25) is 0 Å². The molecule has 3 rings (SSSR count). The van der Waals surface area contributed by atoms with Crippen LogP contribution >= 0.6 is 9.39 Å². The summed E-state index contributed by atoms with van der Waals surface area (Å²) in [5.74, 6) is -0.314. The van der Waals surface area contributed by atoms with E-state index < -0.39 is 0 Å². The van der Waals surface area contributed by atoms with Gasteiger partial charge in [-0.05, 0) is 39.1 Å². The van der Waals surface area contributed by atoms with Crippen LogP contribution in [0, 0.1) is 0 Å². The third-order valence-electron chi connectivity index (χ3n) is 3.67. The zero-order valence-corrected chi connectivity index (χ0v) is 11.5. The minimum Gasteiger partial charge on any atom is -0.369 e. The van der Waals surface area contributed by atoms with E-state index in [2.05, 4.69) is 44.8 Å². The normalized spacial score (nSPS) is 21.9. The van der Waals surface area contributed by atoms with Gasteiger partial charge in [0.15, 0.2) is 5.79 Å². The molecule has 1 aromatic carbocycles.